The highest BCUT2D eigenvalue weighted by Crippen LogP contribution is 2.34. The largest absolute Gasteiger partial charge is 0.326 e. The lowest BCUT2D eigenvalue weighted by atomic mass is 10.3. The monoisotopic (exact) mass is 447 g/mol. The van der Waals surface area contributed by atoms with Crippen LogP contribution < -0.4 is 15.4 Å². The highest BCUT2D eigenvalue weighted by atomic mass is 32.2. The Balaban J connectivity index is 1.68. The normalized spacial score (nSPS) is 16.7. The van der Waals surface area contributed by atoms with Crippen LogP contribution in [-0.4, -0.2) is 31.4 Å². The van der Waals surface area contributed by atoms with Gasteiger partial charge in [0.2, 0.25) is 27.7 Å². The van der Waals surface area contributed by atoms with Crippen molar-refractivity contribution in [1.82, 2.24) is 0 Å². The lowest BCUT2D eigenvalue weighted by Crippen LogP contribution is -2.31. The number of carbonyl (C=O) groups excluding carboxylic acids is 3. The quantitative estimate of drug-likeness (QED) is 0.628. The van der Waals surface area contributed by atoms with E-state index in [1.165, 1.54) is 36.0 Å². The van der Waals surface area contributed by atoms with Gasteiger partial charge >= 0.3 is 0 Å². The minimum absolute atomic E-state index is 0.0371. The fourth-order valence-corrected chi connectivity index (χ4v) is 4.55. The molecule has 0 saturated carbocycles. The Morgan fingerprint density at radius 3 is 2.33 bits per heavy atom. The van der Waals surface area contributed by atoms with Crippen LogP contribution in [-0.2, 0) is 24.4 Å². The third-order valence-electron chi connectivity index (χ3n) is 4.42. The second-order valence-electron chi connectivity index (χ2n) is 6.74. The maximum Gasteiger partial charge on any atom is 0.247 e. The average molecular weight is 448 g/mol. The summed E-state index contributed by atoms with van der Waals surface area (Å²) >= 11 is 1.27. The molecular formula is C20H21N3O5S2. The molecule has 1 saturated heterocycles. The second kappa shape index (κ2) is 8.99. The van der Waals surface area contributed by atoms with E-state index in [-0.39, 0.29) is 29.0 Å². The maximum absolute atomic E-state index is 12.8. The first-order valence-electron chi connectivity index (χ1n) is 9.25. The zero-order valence-electron chi connectivity index (χ0n) is 16.2. The summed E-state index contributed by atoms with van der Waals surface area (Å²) < 4.78 is 22.7. The van der Waals surface area contributed by atoms with Crippen molar-refractivity contribution in [1.29, 1.82) is 0 Å². The summed E-state index contributed by atoms with van der Waals surface area (Å²) in [6.45, 7) is 1.93. The molecule has 2 aromatic rings. The molecule has 0 aliphatic carbocycles. The number of sulfonamides is 1. The number of rotatable bonds is 7. The zero-order valence-corrected chi connectivity index (χ0v) is 17.8. The Morgan fingerprint density at radius 2 is 1.77 bits per heavy atom. The molecule has 1 aliphatic heterocycles. The number of nitrogens with one attached hydrogen (secondary N) is 1. The van der Waals surface area contributed by atoms with E-state index in [4.69, 9.17) is 5.14 Å². The summed E-state index contributed by atoms with van der Waals surface area (Å²) in [5, 5.41) is 7.28. The van der Waals surface area contributed by atoms with Gasteiger partial charge in [-0.2, -0.15) is 0 Å². The molecule has 1 atom stereocenters. The van der Waals surface area contributed by atoms with Crippen LogP contribution >= 0.6 is 11.8 Å². The van der Waals surface area contributed by atoms with E-state index in [1.807, 2.05) is 6.92 Å². The van der Waals surface area contributed by atoms with Crippen LogP contribution in [0.2, 0.25) is 0 Å². The molecule has 158 valence electrons. The van der Waals surface area contributed by atoms with Crippen molar-refractivity contribution in [3.05, 3.63) is 48.5 Å². The van der Waals surface area contributed by atoms with Crippen molar-refractivity contribution in [2.75, 3.05) is 10.2 Å². The van der Waals surface area contributed by atoms with E-state index >= 15 is 0 Å². The lowest BCUT2D eigenvalue weighted by molar-refractivity contribution is -0.121. The van der Waals surface area contributed by atoms with Gasteiger partial charge in [0.15, 0.2) is 0 Å². The fraction of sp³-hybridized carbons (Fsp3) is 0.250. The van der Waals surface area contributed by atoms with E-state index in [0.717, 1.165) is 16.2 Å². The molecular weight excluding hydrogens is 426 g/mol. The smallest absolute Gasteiger partial charge is 0.247 e. The lowest BCUT2D eigenvalue weighted by Gasteiger charge is -2.15. The van der Waals surface area contributed by atoms with Gasteiger partial charge in [-0.05, 0) is 55.0 Å². The number of hydrogen-bond donors (Lipinski definition) is 2. The second-order valence-corrected chi connectivity index (χ2v) is 9.58. The van der Waals surface area contributed by atoms with Crippen molar-refractivity contribution < 1.29 is 22.8 Å². The Labute approximate surface area is 178 Å². The molecule has 0 aromatic heterocycles. The van der Waals surface area contributed by atoms with Gasteiger partial charge in [0, 0.05) is 23.4 Å². The van der Waals surface area contributed by atoms with Crippen LogP contribution in [0.3, 0.4) is 0 Å². The van der Waals surface area contributed by atoms with Gasteiger partial charge in [-0.15, -0.1) is 11.8 Å². The summed E-state index contributed by atoms with van der Waals surface area (Å²) in [4.78, 5) is 38.6. The van der Waals surface area contributed by atoms with Crippen molar-refractivity contribution in [2.45, 2.75) is 41.2 Å². The van der Waals surface area contributed by atoms with Crippen LogP contribution in [0.15, 0.2) is 58.3 Å². The first-order chi connectivity index (χ1) is 14.2. The first-order valence-corrected chi connectivity index (χ1v) is 11.7. The van der Waals surface area contributed by atoms with E-state index < -0.39 is 15.3 Å². The van der Waals surface area contributed by atoms with Crippen molar-refractivity contribution in [3.63, 3.8) is 0 Å². The minimum atomic E-state index is -3.85. The molecule has 1 heterocycles. The van der Waals surface area contributed by atoms with Crippen LogP contribution in [0.5, 0.6) is 0 Å². The molecule has 0 spiro atoms. The van der Waals surface area contributed by atoms with Gasteiger partial charge in [-0.3, -0.25) is 14.4 Å². The van der Waals surface area contributed by atoms with Gasteiger partial charge in [-0.25, -0.2) is 18.5 Å². The van der Waals surface area contributed by atoms with Crippen LogP contribution in [0.25, 0.3) is 0 Å². The standard InChI is InChI=1S/C20H21N3O5S2/c1-2-3-18(24)22-13-4-8-15(9-5-13)29-17-12-19(25)23(20(17)26)14-6-10-16(11-7-14)30(21,27)28/h4-11,17H,2-3,12H2,1H3,(H,22,24)(H2,21,27,28). The molecule has 8 nitrogen and oxygen atoms in total. The summed E-state index contributed by atoms with van der Waals surface area (Å²) in [5.41, 5.74) is 0.970. The number of primary sulfonamides is 1. The third kappa shape index (κ3) is 5.07. The van der Waals surface area contributed by atoms with Crippen molar-refractivity contribution in [2.24, 2.45) is 5.14 Å². The Kier molecular flexibility index (Phi) is 6.59. The zero-order chi connectivity index (χ0) is 21.9. The third-order valence-corrected chi connectivity index (χ3v) is 6.55. The van der Waals surface area contributed by atoms with E-state index in [1.54, 1.807) is 24.3 Å². The minimum Gasteiger partial charge on any atom is -0.326 e. The average Bonchev–Trinajstić information content (AvgIpc) is 2.96. The Morgan fingerprint density at radius 1 is 1.13 bits per heavy atom. The van der Waals surface area contributed by atoms with Gasteiger partial charge in [-0.1, -0.05) is 6.92 Å². The number of nitrogens with zero attached hydrogens (tertiary/aromatic N) is 1. The van der Waals surface area contributed by atoms with Gasteiger partial charge in [0.25, 0.3) is 0 Å². The topological polar surface area (TPSA) is 127 Å². The van der Waals surface area contributed by atoms with Gasteiger partial charge in [0.1, 0.15) is 0 Å². The number of anilines is 2. The predicted octanol–water partition coefficient (Wildman–Crippen LogP) is 2.50. The highest BCUT2D eigenvalue weighted by molar-refractivity contribution is 8.00. The van der Waals surface area contributed by atoms with Crippen LogP contribution in [0.1, 0.15) is 26.2 Å². The predicted molar refractivity (Wildman–Crippen MR) is 115 cm³/mol. The number of amides is 3. The number of thioether (sulfide) groups is 1. The summed E-state index contributed by atoms with van der Waals surface area (Å²) in [6.07, 6.45) is 1.25. The molecule has 1 unspecified atom stereocenters. The number of imide groups is 1. The maximum atomic E-state index is 12.8. The summed E-state index contributed by atoms with van der Waals surface area (Å²) in [5.74, 6) is -0.781. The van der Waals surface area contributed by atoms with E-state index in [2.05, 4.69) is 5.32 Å². The number of nitrogens with two attached hydrogens (primary N) is 1. The fourth-order valence-electron chi connectivity index (χ4n) is 2.98. The molecule has 0 radical (unpaired) electrons. The van der Waals surface area contributed by atoms with Crippen LogP contribution in [0, 0.1) is 0 Å². The SMILES string of the molecule is CCCC(=O)Nc1ccc(SC2CC(=O)N(c3ccc(S(N)(=O)=O)cc3)C2=O)cc1. The highest BCUT2D eigenvalue weighted by Gasteiger charge is 2.40. The summed E-state index contributed by atoms with van der Waals surface area (Å²) in [7, 11) is -3.85. The summed E-state index contributed by atoms with van der Waals surface area (Å²) in [6, 6.07) is 12.4. The Hall–Kier alpha value is -2.69. The van der Waals surface area contributed by atoms with E-state index in [9.17, 15) is 22.8 Å². The molecule has 1 fully saturated rings. The molecule has 3 N–H and O–H groups in total. The Bertz CT molecular complexity index is 1070. The molecule has 10 heteroatoms. The van der Waals surface area contributed by atoms with Gasteiger partial charge < -0.3 is 5.32 Å². The van der Waals surface area contributed by atoms with Crippen LogP contribution in [0.4, 0.5) is 11.4 Å². The first kappa shape index (κ1) is 22.0. The number of hydrogen-bond acceptors (Lipinski definition) is 6. The molecule has 1 aliphatic rings. The number of benzene rings is 2. The van der Waals surface area contributed by atoms with Crippen molar-refractivity contribution in [3.8, 4) is 0 Å². The van der Waals surface area contributed by atoms with Gasteiger partial charge in [0.05, 0.1) is 15.8 Å². The number of carbonyl (C=O) groups is 3. The molecule has 30 heavy (non-hydrogen) atoms. The molecule has 2 aromatic carbocycles. The molecule has 0 bridgehead atoms. The van der Waals surface area contributed by atoms with E-state index in [0.29, 0.717) is 17.8 Å². The molecule has 3 amide bonds. The molecule has 3 rings (SSSR count). The van der Waals surface area contributed by atoms with Crippen molar-refractivity contribution >= 4 is 50.9 Å².